The van der Waals surface area contributed by atoms with Crippen molar-refractivity contribution in [3.63, 3.8) is 0 Å². The molecule has 3 aromatic carbocycles. The summed E-state index contributed by atoms with van der Waals surface area (Å²) in [6, 6.07) is 26.5. The van der Waals surface area contributed by atoms with Crippen molar-refractivity contribution in [1.29, 1.82) is 0 Å². The summed E-state index contributed by atoms with van der Waals surface area (Å²) in [7, 11) is 0. The molecule has 0 spiro atoms. The van der Waals surface area contributed by atoms with E-state index in [-0.39, 0.29) is 0 Å². The molecule has 132 valence electrons. The maximum Gasteiger partial charge on any atom is 0.174 e. The summed E-state index contributed by atoms with van der Waals surface area (Å²) in [5.74, 6) is 0. The summed E-state index contributed by atoms with van der Waals surface area (Å²) in [6.07, 6.45) is 0. The zero-order valence-electron chi connectivity index (χ0n) is 14.7. The van der Waals surface area contributed by atoms with Crippen molar-refractivity contribution in [2.24, 2.45) is 0 Å². The lowest BCUT2D eigenvalue weighted by atomic mass is 10.1. The molecule has 0 aliphatic rings. The first kappa shape index (κ1) is 18.4. The van der Waals surface area contributed by atoms with Crippen LogP contribution in [0.4, 0.5) is 5.69 Å². The van der Waals surface area contributed by atoms with Crippen molar-refractivity contribution in [3.05, 3.63) is 101 Å². The van der Waals surface area contributed by atoms with Crippen LogP contribution in [0.3, 0.4) is 0 Å². The Labute approximate surface area is 165 Å². The zero-order valence-corrected chi connectivity index (χ0v) is 16.2. The Bertz CT molecular complexity index is 804. The van der Waals surface area contributed by atoms with Crippen LogP contribution in [0.5, 0.6) is 0 Å². The molecule has 1 N–H and O–H groups in total. The minimum Gasteiger partial charge on any atom is -0.340 e. The molecule has 26 heavy (non-hydrogen) atoms. The highest BCUT2D eigenvalue weighted by Crippen LogP contribution is 2.26. The number of benzene rings is 3. The molecular formula is C22H21ClN2S. The molecule has 0 atom stereocenters. The van der Waals surface area contributed by atoms with Crippen molar-refractivity contribution < 1.29 is 0 Å². The van der Waals surface area contributed by atoms with Gasteiger partial charge in [0.15, 0.2) is 5.11 Å². The van der Waals surface area contributed by atoms with Crippen molar-refractivity contribution in [1.82, 2.24) is 4.90 Å². The Morgan fingerprint density at radius 2 is 1.38 bits per heavy atom. The van der Waals surface area contributed by atoms with Gasteiger partial charge in [-0.05, 0) is 41.9 Å². The highest BCUT2D eigenvalue weighted by molar-refractivity contribution is 7.80. The number of thiocarbonyl (C=S) groups is 1. The molecule has 0 aliphatic heterocycles. The van der Waals surface area contributed by atoms with Gasteiger partial charge in [0.1, 0.15) is 0 Å². The second-order valence-electron chi connectivity index (χ2n) is 6.19. The maximum absolute atomic E-state index is 6.36. The number of para-hydroxylation sites is 1. The van der Waals surface area contributed by atoms with E-state index in [0.29, 0.717) is 10.1 Å². The standard InChI is InChI=1S/C22H21ClN2S/c1-17-9-8-14-20(23)21(17)24-22(26)25(15-18-10-4-2-5-11-18)16-19-12-6-3-7-13-19/h2-14H,15-16H2,1H3,(H,24,26). The normalized spacial score (nSPS) is 10.4. The average molecular weight is 381 g/mol. The third kappa shape index (κ3) is 4.84. The van der Waals surface area contributed by atoms with Gasteiger partial charge in [-0.1, -0.05) is 84.4 Å². The van der Waals surface area contributed by atoms with Gasteiger partial charge >= 0.3 is 0 Å². The Hall–Kier alpha value is -2.36. The SMILES string of the molecule is Cc1cccc(Cl)c1NC(=S)N(Cc1ccccc1)Cc1ccccc1. The van der Waals surface area contributed by atoms with Crippen LogP contribution in [-0.4, -0.2) is 10.0 Å². The van der Waals surface area contributed by atoms with E-state index in [4.69, 9.17) is 23.8 Å². The molecule has 0 unspecified atom stereocenters. The van der Waals surface area contributed by atoms with Crippen LogP contribution in [0.1, 0.15) is 16.7 Å². The van der Waals surface area contributed by atoms with E-state index < -0.39 is 0 Å². The van der Waals surface area contributed by atoms with Gasteiger partial charge in [-0.25, -0.2) is 0 Å². The van der Waals surface area contributed by atoms with Crippen LogP contribution >= 0.6 is 23.8 Å². The van der Waals surface area contributed by atoms with Crippen LogP contribution in [-0.2, 0) is 13.1 Å². The van der Waals surface area contributed by atoms with Gasteiger partial charge in [-0.3, -0.25) is 0 Å². The van der Waals surface area contributed by atoms with Crippen LogP contribution in [0.2, 0.25) is 5.02 Å². The molecule has 0 aliphatic carbocycles. The van der Waals surface area contributed by atoms with Gasteiger partial charge in [-0.15, -0.1) is 0 Å². The molecular weight excluding hydrogens is 360 g/mol. The summed E-state index contributed by atoms with van der Waals surface area (Å²) in [5, 5.41) is 4.68. The van der Waals surface area contributed by atoms with Gasteiger partial charge in [-0.2, -0.15) is 0 Å². The van der Waals surface area contributed by atoms with Gasteiger partial charge < -0.3 is 10.2 Å². The summed E-state index contributed by atoms with van der Waals surface area (Å²) >= 11 is 12.1. The number of anilines is 1. The monoisotopic (exact) mass is 380 g/mol. The first-order valence-corrected chi connectivity index (χ1v) is 9.31. The first-order valence-electron chi connectivity index (χ1n) is 8.52. The average Bonchev–Trinajstić information content (AvgIpc) is 2.66. The molecule has 0 heterocycles. The highest BCUT2D eigenvalue weighted by atomic mass is 35.5. The van der Waals surface area contributed by atoms with E-state index in [1.54, 1.807) is 0 Å². The molecule has 3 aromatic rings. The van der Waals surface area contributed by atoms with Crippen LogP contribution in [0, 0.1) is 6.92 Å². The topological polar surface area (TPSA) is 15.3 Å². The van der Waals surface area contributed by atoms with Crippen LogP contribution in [0.25, 0.3) is 0 Å². The molecule has 0 fully saturated rings. The fraction of sp³-hybridized carbons (Fsp3) is 0.136. The van der Waals surface area contributed by atoms with E-state index >= 15 is 0 Å². The van der Waals surface area contributed by atoms with Crippen molar-refractivity contribution in [2.45, 2.75) is 20.0 Å². The second kappa shape index (κ2) is 8.84. The molecule has 2 nitrogen and oxygen atoms in total. The summed E-state index contributed by atoms with van der Waals surface area (Å²) in [5.41, 5.74) is 4.36. The summed E-state index contributed by atoms with van der Waals surface area (Å²) in [4.78, 5) is 2.16. The second-order valence-corrected chi connectivity index (χ2v) is 6.98. The van der Waals surface area contributed by atoms with E-state index in [9.17, 15) is 0 Å². The molecule has 0 saturated heterocycles. The Balaban J connectivity index is 1.83. The molecule has 3 rings (SSSR count). The fourth-order valence-electron chi connectivity index (χ4n) is 2.78. The van der Waals surface area contributed by atoms with Crippen molar-refractivity contribution in [3.8, 4) is 0 Å². The third-order valence-corrected chi connectivity index (χ3v) is 4.85. The largest absolute Gasteiger partial charge is 0.340 e. The predicted octanol–water partition coefficient (Wildman–Crippen LogP) is 6.05. The molecule has 0 aromatic heterocycles. The number of nitrogens with one attached hydrogen (secondary N) is 1. The van der Waals surface area contributed by atoms with Gasteiger partial charge in [0.25, 0.3) is 0 Å². The number of rotatable bonds is 5. The number of nitrogens with zero attached hydrogens (tertiary/aromatic N) is 1. The Morgan fingerprint density at radius 1 is 0.846 bits per heavy atom. The number of halogens is 1. The lowest BCUT2D eigenvalue weighted by Crippen LogP contribution is -2.34. The summed E-state index contributed by atoms with van der Waals surface area (Å²) < 4.78 is 0. The minimum absolute atomic E-state index is 0.661. The lowest BCUT2D eigenvalue weighted by molar-refractivity contribution is 0.413. The Kier molecular flexibility index (Phi) is 6.26. The van der Waals surface area contributed by atoms with Crippen LogP contribution < -0.4 is 5.32 Å². The fourth-order valence-corrected chi connectivity index (χ4v) is 3.28. The smallest absolute Gasteiger partial charge is 0.174 e. The van der Waals surface area contributed by atoms with Gasteiger partial charge in [0.05, 0.1) is 10.7 Å². The number of hydrogen-bond acceptors (Lipinski definition) is 1. The van der Waals surface area contributed by atoms with E-state index in [0.717, 1.165) is 24.3 Å². The van der Waals surface area contributed by atoms with E-state index in [1.165, 1.54) is 11.1 Å². The number of hydrogen-bond donors (Lipinski definition) is 1. The van der Waals surface area contributed by atoms with E-state index in [2.05, 4.69) is 34.5 Å². The molecule has 4 heteroatoms. The predicted molar refractivity (Wildman–Crippen MR) is 115 cm³/mol. The molecule has 0 amide bonds. The van der Waals surface area contributed by atoms with Gasteiger partial charge in [0, 0.05) is 13.1 Å². The third-order valence-electron chi connectivity index (χ3n) is 4.17. The molecule has 0 bridgehead atoms. The molecule has 0 radical (unpaired) electrons. The molecule has 0 saturated carbocycles. The quantitative estimate of drug-likeness (QED) is 0.542. The highest BCUT2D eigenvalue weighted by Gasteiger charge is 2.14. The Morgan fingerprint density at radius 3 is 1.88 bits per heavy atom. The first-order chi connectivity index (χ1) is 12.6. The van der Waals surface area contributed by atoms with Crippen molar-refractivity contribution in [2.75, 3.05) is 5.32 Å². The van der Waals surface area contributed by atoms with E-state index in [1.807, 2.05) is 61.5 Å². The maximum atomic E-state index is 6.36. The lowest BCUT2D eigenvalue weighted by Gasteiger charge is -2.27. The summed E-state index contributed by atoms with van der Waals surface area (Å²) in [6.45, 7) is 3.48. The zero-order chi connectivity index (χ0) is 18.4. The number of aryl methyl sites for hydroxylation is 1. The van der Waals surface area contributed by atoms with Crippen LogP contribution in [0.15, 0.2) is 78.9 Å². The van der Waals surface area contributed by atoms with Crippen molar-refractivity contribution >= 4 is 34.6 Å². The minimum atomic E-state index is 0.661. The van der Waals surface area contributed by atoms with Gasteiger partial charge in [0.2, 0.25) is 0 Å².